The first kappa shape index (κ1) is 11.4. The van der Waals surface area contributed by atoms with Gasteiger partial charge in [0.1, 0.15) is 5.78 Å². The molecule has 2 atom stereocenters. The molecule has 0 spiro atoms. The first-order chi connectivity index (χ1) is 6.46. The lowest BCUT2D eigenvalue weighted by Crippen LogP contribution is -2.50. The van der Waals surface area contributed by atoms with E-state index in [2.05, 4.69) is 22.6 Å². The van der Waals surface area contributed by atoms with Crippen LogP contribution >= 0.6 is 18.8 Å². The van der Waals surface area contributed by atoms with Crippen molar-refractivity contribution < 1.29 is 9.46 Å². The summed E-state index contributed by atoms with van der Waals surface area (Å²) < 4.78 is 11.3. The molecule has 2 N–H and O–H groups in total. The Bertz CT molecular complexity index is 333. The Balaban J connectivity index is 2.88. The predicted octanol–water partition coefficient (Wildman–Crippen LogP) is 0.190. The van der Waals surface area contributed by atoms with Crippen LogP contribution in [0, 0.1) is 11.5 Å². The maximum absolute atomic E-state index is 11.3. The molecule has 1 rings (SSSR count). The molecule has 0 radical (unpaired) electrons. The monoisotopic (exact) mass is 234 g/mol. The molecule has 1 aliphatic heterocycles. The molecule has 14 heavy (non-hydrogen) atoms. The van der Waals surface area contributed by atoms with Gasteiger partial charge in [0.05, 0.1) is 0 Å². The van der Waals surface area contributed by atoms with Crippen LogP contribution in [-0.2, 0) is 4.57 Å². The van der Waals surface area contributed by atoms with Gasteiger partial charge < -0.3 is 15.1 Å². The highest BCUT2D eigenvalue weighted by Gasteiger charge is 2.35. The summed E-state index contributed by atoms with van der Waals surface area (Å²) in [5.41, 5.74) is 0. The number of hydrogen-bond acceptors (Lipinski definition) is 3. The van der Waals surface area contributed by atoms with E-state index in [0.717, 1.165) is 0 Å². The normalized spacial score (nSPS) is 29.1. The molecule has 0 aromatic heterocycles. The zero-order chi connectivity index (χ0) is 10.8. The van der Waals surface area contributed by atoms with Gasteiger partial charge in [-0.3, -0.25) is 4.57 Å². The zero-order valence-electron chi connectivity index (χ0n) is 7.58. The molecule has 0 amide bonds. The predicted molar refractivity (Wildman–Crippen MR) is 56.0 cm³/mol. The molecule has 6 nitrogen and oxygen atoms in total. The van der Waals surface area contributed by atoms with Crippen molar-refractivity contribution in [3.63, 3.8) is 0 Å². The van der Waals surface area contributed by atoms with Gasteiger partial charge in [0.2, 0.25) is 12.2 Å². The Labute approximate surface area is 87.2 Å². The van der Waals surface area contributed by atoms with Crippen molar-refractivity contribution in [1.29, 1.82) is 5.26 Å². The van der Waals surface area contributed by atoms with Gasteiger partial charge in [-0.15, -0.1) is 4.99 Å². The SMILES string of the molecule is CN1C(=NC#N)NCCC1P(=O)(O)S. The average molecular weight is 234 g/mol. The van der Waals surface area contributed by atoms with Crippen LogP contribution in [0.2, 0.25) is 0 Å². The minimum Gasteiger partial charge on any atom is -0.355 e. The summed E-state index contributed by atoms with van der Waals surface area (Å²) in [7, 11) is 1.60. The number of nitrogens with one attached hydrogen (secondary N) is 1. The minimum absolute atomic E-state index is 0.312. The van der Waals surface area contributed by atoms with Crippen LogP contribution in [0.3, 0.4) is 0 Å². The van der Waals surface area contributed by atoms with Crippen LogP contribution in [0.1, 0.15) is 6.42 Å². The van der Waals surface area contributed by atoms with Crippen molar-refractivity contribution in [3.8, 4) is 6.19 Å². The van der Waals surface area contributed by atoms with Crippen LogP contribution in [0.25, 0.3) is 0 Å². The summed E-state index contributed by atoms with van der Waals surface area (Å²) in [6, 6.07) is 0. The van der Waals surface area contributed by atoms with E-state index in [1.165, 1.54) is 4.90 Å². The molecule has 1 fully saturated rings. The number of nitriles is 1. The molecule has 1 heterocycles. The second kappa shape index (κ2) is 4.22. The number of rotatable bonds is 1. The third-order valence-electron chi connectivity index (χ3n) is 2.01. The first-order valence-electron chi connectivity index (χ1n) is 3.95. The maximum Gasteiger partial charge on any atom is 0.274 e. The van der Waals surface area contributed by atoms with Crippen molar-refractivity contribution in [2.24, 2.45) is 4.99 Å². The summed E-state index contributed by atoms with van der Waals surface area (Å²) in [6.45, 7) is -2.95. The maximum atomic E-state index is 11.3. The molecule has 8 heteroatoms. The molecule has 0 saturated carbocycles. The molecule has 1 aliphatic rings. The number of thiol groups is 1. The van der Waals surface area contributed by atoms with Crippen LogP contribution in [-0.4, -0.2) is 35.1 Å². The fraction of sp³-hybridized carbons (Fsp3) is 0.667. The van der Waals surface area contributed by atoms with Crippen LogP contribution in [0.15, 0.2) is 4.99 Å². The lowest BCUT2D eigenvalue weighted by atomic mass is 10.3. The molecule has 78 valence electrons. The van der Waals surface area contributed by atoms with Crippen molar-refractivity contribution in [2.45, 2.75) is 12.2 Å². The molecule has 1 saturated heterocycles. The van der Waals surface area contributed by atoms with E-state index in [4.69, 9.17) is 5.26 Å². The van der Waals surface area contributed by atoms with Gasteiger partial charge in [-0.25, -0.2) is 0 Å². The van der Waals surface area contributed by atoms with Crippen LogP contribution in [0.5, 0.6) is 0 Å². The van der Waals surface area contributed by atoms with E-state index >= 15 is 0 Å². The molecular weight excluding hydrogens is 223 g/mol. The Morgan fingerprint density at radius 1 is 1.93 bits per heavy atom. The number of aliphatic imine (C=N–C) groups is 1. The first-order valence-corrected chi connectivity index (χ1v) is 6.83. The van der Waals surface area contributed by atoms with Crippen LogP contribution in [0.4, 0.5) is 0 Å². The molecule has 0 aromatic rings. The zero-order valence-corrected chi connectivity index (χ0v) is 9.37. The Morgan fingerprint density at radius 3 is 3.07 bits per heavy atom. The molecule has 0 aliphatic carbocycles. The lowest BCUT2D eigenvalue weighted by Gasteiger charge is -2.35. The Kier molecular flexibility index (Phi) is 3.43. The smallest absolute Gasteiger partial charge is 0.274 e. The third kappa shape index (κ3) is 2.41. The topological polar surface area (TPSA) is 88.7 Å². The summed E-state index contributed by atoms with van der Waals surface area (Å²) in [5, 5.41) is 11.2. The largest absolute Gasteiger partial charge is 0.355 e. The number of nitrogens with zero attached hydrogens (tertiary/aromatic N) is 3. The van der Waals surface area contributed by atoms with Gasteiger partial charge in [-0.05, 0) is 6.42 Å². The second-order valence-corrected chi connectivity index (χ2v) is 6.43. The summed E-state index contributed by atoms with van der Waals surface area (Å²) >= 11 is 3.67. The standard InChI is InChI=1S/C6H11N4O2PS/c1-10-5(13(11,12)14)2-3-8-6(10)9-4-7/h5H,2-3H2,1H3,(H,8,9)(H2,11,12,14). The Hall–Kier alpha value is -0.700. The second-order valence-electron chi connectivity index (χ2n) is 2.93. The average Bonchev–Trinajstić information content (AvgIpc) is 2.07. The highest BCUT2D eigenvalue weighted by atomic mass is 32.7. The Morgan fingerprint density at radius 2 is 2.57 bits per heavy atom. The fourth-order valence-electron chi connectivity index (χ4n) is 1.33. The van der Waals surface area contributed by atoms with E-state index in [1.807, 2.05) is 0 Å². The van der Waals surface area contributed by atoms with E-state index in [0.29, 0.717) is 18.9 Å². The van der Waals surface area contributed by atoms with Gasteiger partial charge in [-0.1, -0.05) is 12.2 Å². The lowest BCUT2D eigenvalue weighted by molar-refractivity contribution is 0.353. The molecule has 0 aromatic carbocycles. The number of hydrogen-bond donors (Lipinski definition) is 3. The highest BCUT2D eigenvalue weighted by Crippen LogP contribution is 2.53. The van der Waals surface area contributed by atoms with E-state index in [-0.39, 0.29) is 0 Å². The quantitative estimate of drug-likeness (QED) is 0.342. The van der Waals surface area contributed by atoms with Crippen LogP contribution < -0.4 is 5.32 Å². The molecular formula is C6H11N4O2PS. The third-order valence-corrected chi connectivity index (χ3v) is 4.19. The summed E-state index contributed by atoms with van der Waals surface area (Å²) in [4.78, 5) is 14.3. The molecule has 0 bridgehead atoms. The van der Waals surface area contributed by atoms with Gasteiger partial charge in [0.15, 0.2) is 0 Å². The van der Waals surface area contributed by atoms with Crippen molar-refractivity contribution in [3.05, 3.63) is 0 Å². The van der Waals surface area contributed by atoms with Gasteiger partial charge >= 0.3 is 0 Å². The summed E-state index contributed by atoms with van der Waals surface area (Å²) in [6.07, 6.45) is 2.13. The molecule has 2 unspecified atom stereocenters. The summed E-state index contributed by atoms with van der Waals surface area (Å²) in [5.74, 6) is -0.272. The van der Waals surface area contributed by atoms with Gasteiger partial charge in [0, 0.05) is 13.6 Å². The number of guanidine groups is 1. The minimum atomic E-state index is -3.47. The fourth-order valence-corrected chi connectivity index (χ4v) is 3.17. The van der Waals surface area contributed by atoms with Crippen molar-refractivity contribution in [1.82, 2.24) is 10.2 Å². The van der Waals surface area contributed by atoms with Gasteiger partial charge in [-0.2, -0.15) is 5.26 Å². The van der Waals surface area contributed by atoms with Gasteiger partial charge in [0.25, 0.3) is 6.57 Å². The van der Waals surface area contributed by atoms with Crippen molar-refractivity contribution >= 4 is 24.8 Å². The highest BCUT2D eigenvalue weighted by molar-refractivity contribution is 8.46. The van der Waals surface area contributed by atoms with Crippen molar-refractivity contribution in [2.75, 3.05) is 13.6 Å². The van der Waals surface area contributed by atoms with E-state index in [9.17, 15) is 9.46 Å². The van der Waals surface area contributed by atoms with E-state index < -0.39 is 12.4 Å². The van der Waals surface area contributed by atoms with E-state index in [1.54, 1.807) is 13.2 Å².